The number of ether oxygens (including phenoxy) is 1. The van der Waals surface area contributed by atoms with E-state index in [0.29, 0.717) is 18.9 Å². The highest BCUT2D eigenvalue weighted by Gasteiger charge is 2.36. The van der Waals surface area contributed by atoms with Crippen LogP contribution in [-0.4, -0.2) is 27.0 Å². The zero-order valence-corrected chi connectivity index (χ0v) is 14.3. The number of hydrogen-bond acceptors (Lipinski definition) is 3. The Hall–Kier alpha value is -1.13. The molecule has 1 aliphatic rings. The second kappa shape index (κ2) is 7.23. The molecule has 0 aliphatic heterocycles. The molecule has 4 heteroatoms. The van der Waals surface area contributed by atoms with Crippen molar-refractivity contribution >= 4 is 19.5 Å². The first-order chi connectivity index (χ1) is 10.0. The Morgan fingerprint density at radius 1 is 1.24 bits per heavy atom. The van der Waals surface area contributed by atoms with Gasteiger partial charge in [0.05, 0.1) is 13.0 Å². The van der Waals surface area contributed by atoms with Crippen molar-refractivity contribution in [2.75, 3.05) is 6.61 Å². The molecule has 1 aromatic rings. The summed E-state index contributed by atoms with van der Waals surface area (Å²) in [7, 11) is -1.91. The van der Waals surface area contributed by atoms with Crippen molar-refractivity contribution in [2.45, 2.75) is 51.8 Å². The van der Waals surface area contributed by atoms with Crippen molar-refractivity contribution in [1.29, 1.82) is 0 Å². The number of carbonyl (C=O) groups excluding carboxylic acids is 1. The predicted octanol–water partition coefficient (Wildman–Crippen LogP) is 3.24. The second-order valence-corrected chi connectivity index (χ2v) is 10.1. The zero-order valence-electron chi connectivity index (χ0n) is 13.3. The Morgan fingerprint density at radius 3 is 2.62 bits per heavy atom. The molecule has 1 fully saturated rings. The molecule has 0 bridgehead atoms. The van der Waals surface area contributed by atoms with E-state index >= 15 is 0 Å². The Kier molecular flexibility index (Phi) is 5.59. The third kappa shape index (κ3) is 4.42. The van der Waals surface area contributed by atoms with Gasteiger partial charge in [0, 0.05) is 6.10 Å². The van der Waals surface area contributed by atoms with Crippen LogP contribution in [0.25, 0.3) is 0 Å². The fourth-order valence-electron chi connectivity index (χ4n) is 3.11. The van der Waals surface area contributed by atoms with Gasteiger partial charge in [-0.3, -0.25) is 4.79 Å². The number of rotatable bonds is 6. The van der Waals surface area contributed by atoms with Crippen LogP contribution in [0.3, 0.4) is 0 Å². The zero-order chi connectivity index (χ0) is 15.3. The van der Waals surface area contributed by atoms with Gasteiger partial charge in [0.25, 0.3) is 0 Å². The molecule has 0 N–H and O–H groups in total. The molecule has 21 heavy (non-hydrogen) atoms. The lowest BCUT2D eigenvalue weighted by atomic mass is 10.0. The fourth-order valence-corrected chi connectivity index (χ4v) is 5.31. The Balaban J connectivity index is 1.99. The van der Waals surface area contributed by atoms with E-state index in [4.69, 9.17) is 9.16 Å². The molecular formula is C17H26O3Si. The summed E-state index contributed by atoms with van der Waals surface area (Å²) in [5, 5.41) is 1.31. The Labute approximate surface area is 128 Å². The van der Waals surface area contributed by atoms with Gasteiger partial charge < -0.3 is 9.16 Å². The van der Waals surface area contributed by atoms with E-state index in [1.807, 2.05) is 13.0 Å². The standard InChI is InChI=1S/C17H26O3Si/c1-4-19-17(18)13-14-9-8-12-16(14)20-21(2,3)15-10-6-5-7-11-15/h5-7,10-11,14,16H,4,8-9,12-13H2,1-3H3. The molecule has 3 nitrogen and oxygen atoms in total. The molecule has 0 amide bonds. The van der Waals surface area contributed by atoms with Crippen molar-refractivity contribution in [3.8, 4) is 0 Å². The SMILES string of the molecule is CCOC(=O)CC1CCCC1O[Si](C)(C)c1ccccc1. The first kappa shape index (κ1) is 16.2. The van der Waals surface area contributed by atoms with Crippen LogP contribution in [0.1, 0.15) is 32.6 Å². The predicted molar refractivity (Wildman–Crippen MR) is 87.0 cm³/mol. The molecule has 2 unspecified atom stereocenters. The number of carbonyl (C=O) groups is 1. The van der Waals surface area contributed by atoms with Crippen LogP contribution < -0.4 is 5.19 Å². The summed E-state index contributed by atoms with van der Waals surface area (Å²) in [5.74, 6) is 0.233. The summed E-state index contributed by atoms with van der Waals surface area (Å²) >= 11 is 0. The highest BCUT2D eigenvalue weighted by molar-refractivity contribution is 6.84. The smallest absolute Gasteiger partial charge is 0.306 e. The van der Waals surface area contributed by atoms with Crippen LogP contribution in [0.4, 0.5) is 0 Å². The average molecular weight is 306 g/mol. The van der Waals surface area contributed by atoms with Crippen molar-refractivity contribution in [2.24, 2.45) is 5.92 Å². The van der Waals surface area contributed by atoms with Gasteiger partial charge in [0.2, 0.25) is 8.32 Å². The summed E-state index contributed by atoms with van der Waals surface area (Å²) in [6.07, 6.45) is 3.98. The van der Waals surface area contributed by atoms with Crippen LogP contribution in [0.15, 0.2) is 30.3 Å². The minimum absolute atomic E-state index is 0.0859. The van der Waals surface area contributed by atoms with Crippen LogP contribution >= 0.6 is 0 Å². The summed E-state index contributed by atoms with van der Waals surface area (Å²) in [4.78, 5) is 11.7. The van der Waals surface area contributed by atoms with Gasteiger partial charge in [-0.05, 0) is 44.0 Å². The van der Waals surface area contributed by atoms with Gasteiger partial charge in [0.1, 0.15) is 0 Å². The minimum Gasteiger partial charge on any atom is -0.466 e. The Bertz CT molecular complexity index is 458. The second-order valence-electron chi connectivity index (χ2n) is 6.23. The van der Waals surface area contributed by atoms with Gasteiger partial charge in [-0.1, -0.05) is 36.8 Å². The van der Waals surface area contributed by atoms with E-state index in [2.05, 4.69) is 37.4 Å². The average Bonchev–Trinajstić information content (AvgIpc) is 2.86. The summed E-state index contributed by atoms with van der Waals surface area (Å²) in [6, 6.07) is 10.5. The lowest BCUT2D eigenvalue weighted by molar-refractivity contribution is -0.144. The van der Waals surface area contributed by atoms with E-state index < -0.39 is 8.32 Å². The van der Waals surface area contributed by atoms with Crippen LogP contribution in [0.2, 0.25) is 13.1 Å². The van der Waals surface area contributed by atoms with Crippen molar-refractivity contribution in [1.82, 2.24) is 0 Å². The molecule has 2 atom stereocenters. The van der Waals surface area contributed by atoms with Gasteiger partial charge in [-0.25, -0.2) is 0 Å². The van der Waals surface area contributed by atoms with E-state index in [0.717, 1.165) is 19.3 Å². The normalized spacial score (nSPS) is 22.2. The molecule has 0 aromatic heterocycles. The van der Waals surface area contributed by atoms with Crippen LogP contribution in [-0.2, 0) is 14.0 Å². The van der Waals surface area contributed by atoms with E-state index in [9.17, 15) is 4.79 Å². The molecule has 0 radical (unpaired) electrons. The van der Waals surface area contributed by atoms with Crippen molar-refractivity contribution < 1.29 is 14.0 Å². The maximum absolute atomic E-state index is 11.7. The molecule has 0 heterocycles. The van der Waals surface area contributed by atoms with Crippen molar-refractivity contribution in [3.63, 3.8) is 0 Å². The molecule has 1 aliphatic carbocycles. The number of esters is 1. The molecule has 0 saturated heterocycles. The van der Waals surface area contributed by atoms with Gasteiger partial charge in [0.15, 0.2) is 0 Å². The number of benzene rings is 1. The molecule has 116 valence electrons. The third-order valence-corrected chi connectivity index (χ3v) is 6.85. The van der Waals surface area contributed by atoms with Gasteiger partial charge >= 0.3 is 5.97 Å². The Morgan fingerprint density at radius 2 is 1.95 bits per heavy atom. The molecular weight excluding hydrogens is 280 g/mol. The van der Waals surface area contributed by atoms with E-state index in [-0.39, 0.29) is 12.1 Å². The van der Waals surface area contributed by atoms with Gasteiger partial charge in [-0.2, -0.15) is 0 Å². The molecule has 1 saturated carbocycles. The largest absolute Gasteiger partial charge is 0.466 e. The molecule has 0 spiro atoms. The third-order valence-electron chi connectivity index (χ3n) is 4.24. The molecule has 1 aromatic carbocycles. The molecule has 2 rings (SSSR count). The summed E-state index contributed by atoms with van der Waals surface area (Å²) in [5.41, 5.74) is 0. The maximum Gasteiger partial charge on any atom is 0.306 e. The monoisotopic (exact) mass is 306 g/mol. The lowest BCUT2D eigenvalue weighted by Crippen LogP contribution is -2.48. The lowest BCUT2D eigenvalue weighted by Gasteiger charge is -2.30. The first-order valence-corrected chi connectivity index (χ1v) is 10.8. The summed E-state index contributed by atoms with van der Waals surface area (Å²) < 4.78 is 11.6. The highest BCUT2D eigenvalue weighted by atomic mass is 28.4. The quantitative estimate of drug-likeness (QED) is 0.598. The first-order valence-electron chi connectivity index (χ1n) is 7.92. The van der Waals surface area contributed by atoms with E-state index in [1.165, 1.54) is 5.19 Å². The van der Waals surface area contributed by atoms with Crippen molar-refractivity contribution in [3.05, 3.63) is 30.3 Å². The van der Waals surface area contributed by atoms with E-state index in [1.54, 1.807) is 0 Å². The van der Waals surface area contributed by atoms with Crippen LogP contribution in [0.5, 0.6) is 0 Å². The maximum atomic E-state index is 11.7. The van der Waals surface area contributed by atoms with Crippen LogP contribution in [0, 0.1) is 5.92 Å². The minimum atomic E-state index is -1.91. The van der Waals surface area contributed by atoms with Gasteiger partial charge in [-0.15, -0.1) is 0 Å². The topological polar surface area (TPSA) is 35.5 Å². The fraction of sp³-hybridized carbons (Fsp3) is 0.588. The summed E-state index contributed by atoms with van der Waals surface area (Å²) in [6.45, 7) is 6.79. The number of hydrogen-bond donors (Lipinski definition) is 0. The highest BCUT2D eigenvalue weighted by Crippen LogP contribution is 2.33.